The molecule has 14 nitrogen and oxygen atoms in total. The van der Waals surface area contributed by atoms with Crippen LogP contribution in [0.25, 0.3) is 0 Å². The number of guanidine groups is 1. The Morgan fingerprint density at radius 2 is 1.69 bits per heavy atom. The highest BCUT2D eigenvalue weighted by Crippen LogP contribution is 2.20. The van der Waals surface area contributed by atoms with E-state index in [0.29, 0.717) is 38.6 Å². The smallest absolute Gasteiger partial charge is 0.326 e. The van der Waals surface area contributed by atoms with Crippen LogP contribution in [-0.2, 0) is 19.2 Å². The van der Waals surface area contributed by atoms with Crippen molar-refractivity contribution in [3.05, 3.63) is 0 Å². The Balaban J connectivity index is 3.02. The molecule has 35 heavy (non-hydrogen) atoms. The van der Waals surface area contributed by atoms with E-state index in [4.69, 9.17) is 22.9 Å². The molecule has 0 spiro atoms. The highest BCUT2D eigenvalue weighted by molar-refractivity contribution is 5.94. The lowest BCUT2D eigenvalue weighted by Crippen LogP contribution is -2.58. The number of nitrogens with one attached hydrogen (secondary N) is 2. The minimum absolute atomic E-state index is 0.115. The summed E-state index contributed by atoms with van der Waals surface area (Å²) >= 11 is 0. The molecule has 0 aromatic carbocycles. The standard InChI is InChI=1S/C21H40N8O6/c1-12(30)16(23)18(32)27-13(7-4-10-26-21(24)25)17(31)28-14(6-2-3-9-22)19(33)29-11-5-8-15(29)20(34)35/h12-16,30H,2-11,22-23H2,1H3,(H,27,32)(H,28,31)(H,34,35)(H4,24,25,26). The van der Waals surface area contributed by atoms with Gasteiger partial charge in [-0.1, -0.05) is 0 Å². The summed E-state index contributed by atoms with van der Waals surface area (Å²) in [7, 11) is 0. The van der Waals surface area contributed by atoms with Gasteiger partial charge >= 0.3 is 5.97 Å². The predicted molar refractivity (Wildman–Crippen MR) is 129 cm³/mol. The number of hydrogen-bond acceptors (Lipinski definition) is 8. The highest BCUT2D eigenvalue weighted by Gasteiger charge is 2.38. The van der Waals surface area contributed by atoms with Gasteiger partial charge in [-0.3, -0.25) is 19.4 Å². The molecule has 14 heteroatoms. The molecular weight excluding hydrogens is 460 g/mol. The number of rotatable bonds is 15. The first-order valence-electron chi connectivity index (χ1n) is 11.8. The van der Waals surface area contributed by atoms with Crippen molar-refractivity contribution in [2.24, 2.45) is 27.9 Å². The fraction of sp³-hybridized carbons (Fsp3) is 0.762. The lowest BCUT2D eigenvalue weighted by atomic mass is 10.0. The van der Waals surface area contributed by atoms with Crippen LogP contribution in [-0.4, -0.2) is 94.7 Å². The van der Waals surface area contributed by atoms with Gasteiger partial charge < -0.3 is 48.7 Å². The molecule has 200 valence electrons. The minimum Gasteiger partial charge on any atom is -0.480 e. The summed E-state index contributed by atoms with van der Waals surface area (Å²) in [6, 6.07) is -4.28. The first-order chi connectivity index (χ1) is 16.5. The number of carboxylic acids is 1. The lowest BCUT2D eigenvalue weighted by molar-refractivity contribution is -0.149. The maximum atomic E-state index is 13.2. The van der Waals surface area contributed by atoms with Crippen LogP contribution in [0, 0.1) is 0 Å². The quantitative estimate of drug-likeness (QED) is 0.0639. The largest absolute Gasteiger partial charge is 0.480 e. The van der Waals surface area contributed by atoms with Crippen LogP contribution in [0.4, 0.5) is 0 Å². The van der Waals surface area contributed by atoms with Crippen molar-refractivity contribution in [3.63, 3.8) is 0 Å². The Hall–Kier alpha value is -2.97. The Morgan fingerprint density at radius 3 is 2.26 bits per heavy atom. The molecule has 0 aromatic rings. The summed E-state index contributed by atoms with van der Waals surface area (Å²) < 4.78 is 0. The Bertz CT molecular complexity index is 758. The lowest BCUT2D eigenvalue weighted by Gasteiger charge is -2.29. The molecule has 1 heterocycles. The molecule has 0 aliphatic carbocycles. The van der Waals surface area contributed by atoms with Gasteiger partial charge in [-0.25, -0.2) is 4.79 Å². The second kappa shape index (κ2) is 15.1. The maximum Gasteiger partial charge on any atom is 0.326 e. The third-order valence-electron chi connectivity index (χ3n) is 5.78. The Morgan fingerprint density at radius 1 is 1.06 bits per heavy atom. The van der Waals surface area contributed by atoms with Gasteiger partial charge in [0.15, 0.2) is 5.96 Å². The van der Waals surface area contributed by atoms with Gasteiger partial charge in [0.25, 0.3) is 0 Å². The van der Waals surface area contributed by atoms with Crippen LogP contribution in [0.3, 0.4) is 0 Å². The number of amides is 3. The highest BCUT2D eigenvalue weighted by atomic mass is 16.4. The molecule has 5 unspecified atom stereocenters. The van der Waals surface area contributed by atoms with Crippen molar-refractivity contribution in [1.29, 1.82) is 0 Å². The van der Waals surface area contributed by atoms with Crippen molar-refractivity contribution < 1.29 is 29.4 Å². The number of nitrogens with zero attached hydrogens (tertiary/aromatic N) is 2. The van der Waals surface area contributed by atoms with E-state index in [9.17, 15) is 29.4 Å². The van der Waals surface area contributed by atoms with Gasteiger partial charge in [0, 0.05) is 13.1 Å². The number of aliphatic imine (C=N–C) groups is 1. The molecule has 1 fully saturated rings. The summed E-state index contributed by atoms with van der Waals surface area (Å²) in [6.45, 7) is 2.23. The number of carboxylic acid groups (broad SMARTS) is 1. The van der Waals surface area contributed by atoms with Crippen molar-refractivity contribution >= 4 is 29.7 Å². The number of aliphatic hydroxyl groups excluding tert-OH is 1. The summed E-state index contributed by atoms with van der Waals surface area (Å²) in [4.78, 5) is 55.4. The second-order valence-corrected chi connectivity index (χ2v) is 8.65. The van der Waals surface area contributed by atoms with Gasteiger partial charge in [-0.2, -0.15) is 0 Å². The summed E-state index contributed by atoms with van der Waals surface area (Å²) in [5.74, 6) is -3.08. The minimum atomic E-state index is -1.26. The SMILES string of the molecule is CC(O)C(N)C(=O)NC(CCCN=C(N)N)C(=O)NC(CCCCN)C(=O)N1CCCC1C(=O)O. The number of likely N-dealkylation sites (tertiary alicyclic amines) is 1. The van der Waals surface area contributed by atoms with Crippen molar-refractivity contribution in [2.75, 3.05) is 19.6 Å². The molecule has 0 bridgehead atoms. The number of aliphatic carboxylic acids is 1. The molecule has 1 saturated heterocycles. The van der Waals surface area contributed by atoms with Crippen LogP contribution in [0.5, 0.6) is 0 Å². The molecule has 1 rings (SSSR count). The molecule has 3 amide bonds. The van der Waals surface area contributed by atoms with Gasteiger partial charge in [-0.15, -0.1) is 0 Å². The van der Waals surface area contributed by atoms with E-state index in [1.54, 1.807) is 0 Å². The summed E-state index contributed by atoms with van der Waals surface area (Å²) in [6.07, 6.45) is 1.61. The van der Waals surface area contributed by atoms with Gasteiger partial charge in [0.1, 0.15) is 24.2 Å². The first-order valence-corrected chi connectivity index (χ1v) is 11.8. The van der Waals surface area contributed by atoms with Crippen LogP contribution >= 0.6 is 0 Å². The van der Waals surface area contributed by atoms with E-state index in [1.807, 2.05) is 0 Å². The maximum absolute atomic E-state index is 13.2. The van der Waals surface area contributed by atoms with Crippen LogP contribution in [0.1, 0.15) is 51.9 Å². The Labute approximate surface area is 204 Å². The zero-order valence-corrected chi connectivity index (χ0v) is 20.2. The summed E-state index contributed by atoms with van der Waals surface area (Å²) in [5, 5.41) is 24.2. The molecule has 1 aliphatic rings. The fourth-order valence-corrected chi connectivity index (χ4v) is 3.77. The third kappa shape index (κ3) is 10.0. The van der Waals surface area contributed by atoms with Crippen molar-refractivity contribution in [2.45, 2.75) is 82.1 Å². The number of hydrogen-bond donors (Lipinski definition) is 8. The normalized spacial score (nSPS) is 18.7. The fourth-order valence-electron chi connectivity index (χ4n) is 3.77. The van der Waals surface area contributed by atoms with Gasteiger partial charge in [-0.05, 0) is 58.4 Å². The number of carbonyl (C=O) groups is 4. The first kappa shape index (κ1) is 30.1. The monoisotopic (exact) mass is 500 g/mol. The molecule has 5 atom stereocenters. The number of nitrogens with two attached hydrogens (primary N) is 4. The predicted octanol–water partition coefficient (Wildman–Crippen LogP) is -3.08. The van der Waals surface area contributed by atoms with Crippen LogP contribution in [0.2, 0.25) is 0 Å². The molecular formula is C21H40N8O6. The molecule has 0 aromatic heterocycles. The third-order valence-corrected chi connectivity index (χ3v) is 5.78. The van der Waals surface area contributed by atoms with E-state index in [-0.39, 0.29) is 31.9 Å². The number of aliphatic hydroxyl groups is 1. The number of carbonyl (C=O) groups excluding carboxylic acids is 3. The van der Waals surface area contributed by atoms with E-state index >= 15 is 0 Å². The van der Waals surface area contributed by atoms with E-state index in [1.165, 1.54) is 11.8 Å². The molecule has 0 radical (unpaired) electrons. The van der Waals surface area contributed by atoms with Gasteiger partial charge in [0.05, 0.1) is 6.10 Å². The van der Waals surface area contributed by atoms with Crippen molar-refractivity contribution in [3.8, 4) is 0 Å². The van der Waals surface area contributed by atoms with E-state index in [0.717, 1.165) is 0 Å². The van der Waals surface area contributed by atoms with Gasteiger partial charge in [0.2, 0.25) is 17.7 Å². The summed E-state index contributed by atoms with van der Waals surface area (Å²) in [5.41, 5.74) is 21.9. The average molecular weight is 501 g/mol. The zero-order valence-electron chi connectivity index (χ0n) is 20.2. The zero-order chi connectivity index (χ0) is 26.5. The van der Waals surface area contributed by atoms with E-state index in [2.05, 4.69) is 15.6 Å². The molecule has 12 N–H and O–H groups in total. The topological polar surface area (TPSA) is 252 Å². The van der Waals surface area contributed by atoms with Crippen molar-refractivity contribution in [1.82, 2.24) is 15.5 Å². The number of unbranched alkanes of at least 4 members (excludes halogenated alkanes) is 1. The molecule has 0 saturated carbocycles. The molecule has 1 aliphatic heterocycles. The Kier molecular flexibility index (Phi) is 13.0. The second-order valence-electron chi connectivity index (χ2n) is 8.65. The van der Waals surface area contributed by atoms with Crippen LogP contribution in [0.15, 0.2) is 4.99 Å². The van der Waals surface area contributed by atoms with E-state index < -0.39 is 54.0 Å². The average Bonchev–Trinajstić information content (AvgIpc) is 3.29. The van der Waals surface area contributed by atoms with Crippen LogP contribution < -0.4 is 33.6 Å².